The van der Waals surface area contributed by atoms with E-state index in [0.717, 1.165) is 6.26 Å². The van der Waals surface area contributed by atoms with Gasteiger partial charge in [-0.3, -0.25) is 14.4 Å². The lowest BCUT2D eigenvalue weighted by atomic mass is 10.0. The number of carbonyl (C=O) groups is 4. The van der Waals surface area contributed by atoms with Crippen molar-refractivity contribution in [2.75, 3.05) is 29.2 Å². The molecule has 11 nitrogen and oxygen atoms in total. The first-order chi connectivity index (χ1) is 19.2. The molecule has 0 fully saturated rings. The molecule has 3 aromatic carbocycles. The number of carbonyl (C=O) groups excluding carboxylic acids is 3. The lowest BCUT2D eigenvalue weighted by Gasteiger charge is -2.21. The highest BCUT2D eigenvalue weighted by Crippen LogP contribution is 2.41. The maximum Gasteiger partial charge on any atom is 0.326 e. The van der Waals surface area contributed by atoms with E-state index in [1.165, 1.54) is 41.3 Å². The molecule has 0 radical (unpaired) electrons. The van der Waals surface area contributed by atoms with Crippen LogP contribution in [0.4, 0.5) is 17.1 Å². The average molecular weight is 619 g/mol. The molecule has 0 saturated heterocycles. The van der Waals surface area contributed by atoms with Gasteiger partial charge in [-0.25, -0.2) is 13.2 Å². The molecule has 0 aliphatic carbocycles. The number of aldehydes is 1. The predicted octanol–water partition coefficient (Wildman–Crippen LogP) is 3.00. The lowest BCUT2D eigenvalue weighted by molar-refractivity contribution is -0.139. The number of carboxylic acids is 1. The number of nitrogens with two attached hydrogens (primary N) is 2. The van der Waals surface area contributed by atoms with E-state index in [9.17, 15) is 32.7 Å². The Hall–Kier alpha value is -4.13. The fourth-order valence-electron chi connectivity index (χ4n) is 4.55. The summed E-state index contributed by atoms with van der Waals surface area (Å²) in [6, 6.07) is 8.47. The first-order valence-corrected chi connectivity index (χ1v) is 14.7. The van der Waals surface area contributed by atoms with Gasteiger partial charge in [0.1, 0.15) is 6.04 Å². The number of nitrogens with zero attached hydrogens (tertiary/aromatic N) is 1. The van der Waals surface area contributed by atoms with E-state index in [0.29, 0.717) is 23.1 Å². The molecule has 6 N–H and O–H groups in total. The molecule has 1 atom stereocenters. The van der Waals surface area contributed by atoms with Crippen LogP contribution >= 0.6 is 23.2 Å². The summed E-state index contributed by atoms with van der Waals surface area (Å²) >= 11 is 13.0. The number of nitrogens with one attached hydrogen (secondary N) is 1. The summed E-state index contributed by atoms with van der Waals surface area (Å²) < 4.78 is 23.7. The molecule has 1 aliphatic rings. The number of benzene rings is 3. The number of halogens is 2. The van der Waals surface area contributed by atoms with Gasteiger partial charge in [0.15, 0.2) is 16.1 Å². The minimum absolute atomic E-state index is 0.0124. The molecule has 14 heteroatoms. The van der Waals surface area contributed by atoms with Gasteiger partial charge in [-0.05, 0) is 47.9 Å². The summed E-state index contributed by atoms with van der Waals surface area (Å²) in [5, 5.41) is 12.0. The van der Waals surface area contributed by atoms with Gasteiger partial charge in [-0.15, -0.1) is 0 Å². The summed E-state index contributed by atoms with van der Waals surface area (Å²) in [4.78, 5) is 51.1. The van der Waals surface area contributed by atoms with E-state index in [2.05, 4.69) is 5.32 Å². The largest absolute Gasteiger partial charge is 0.480 e. The topological polar surface area (TPSA) is 190 Å². The summed E-state index contributed by atoms with van der Waals surface area (Å²) in [6.45, 7) is 0.179. The monoisotopic (exact) mass is 618 g/mol. The molecular weight excluding hydrogens is 595 g/mol. The van der Waals surface area contributed by atoms with E-state index in [4.69, 9.17) is 34.7 Å². The van der Waals surface area contributed by atoms with Crippen molar-refractivity contribution in [1.82, 2.24) is 5.32 Å². The average Bonchev–Trinajstić information content (AvgIpc) is 3.33. The number of hydrogen-bond acceptors (Lipinski definition) is 8. The second-order valence-corrected chi connectivity index (χ2v) is 12.2. The molecule has 3 aromatic rings. The normalized spacial score (nSPS) is 13.4. The van der Waals surface area contributed by atoms with Crippen molar-refractivity contribution >= 4 is 74.2 Å². The Balaban J connectivity index is 1.61. The number of rotatable bonds is 8. The van der Waals surface area contributed by atoms with Crippen LogP contribution in [0.3, 0.4) is 0 Å². The number of carboxylic acid groups (broad SMARTS) is 1. The summed E-state index contributed by atoms with van der Waals surface area (Å²) in [6.07, 6.45) is 1.61. The number of anilines is 3. The molecule has 0 unspecified atom stereocenters. The summed E-state index contributed by atoms with van der Waals surface area (Å²) in [5.41, 5.74) is 13.0. The Morgan fingerprint density at radius 3 is 2.46 bits per heavy atom. The van der Waals surface area contributed by atoms with Crippen molar-refractivity contribution < 1.29 is 32.7 Å². The summed E-state index contributed by atoms with van der Waals surface area (Å²) in [5.74, 6) is -2.73. The molecule has 4 rings (SSSR count). The number of sulfone groups is 1. The van der Waals surface area contributed by atoms with Gasteiger partial charge < -0.3 is 26.8 Å². The number of aliphatic carboxylic acids is 1. The first-order valence-electron chi connectivity index (χ1n) is 12.0. The van der Waals surface area contributed by atoms with Crippen LogP contribution in [0.5, 0.6) is 0 Å². The maximum absolute atomic E-state index is 13.3. The van der Waals surface area contributed by atoms with Crippen molar-refractivity contribution in [3.63, 3.8) is 0 Å². The molecular formula is C27H24Cl2N4O7S. The minimum Gasteiger partial charge on any atom is -0.480 e. The SMILES string of the molecule is CS(=O)(=O)c1cccc(C[C@@H](NC(=O)c2c(Cl)cc3c(c2Cl)CCN3C(=O)c2ccc(C=O)c(N)c2N)C(=O)O)c1. The van der Waals surface area contributed by atoms with Gasteiger partial charge >= 0.3 is 5.97 Å². The minimum atomic E-state index is -3.53. The molecule has 41 heavy (non-hydrogen) atoms. The van der Waals surface area contributed by atoms with E-state index < -0.39 is 33.7 Å². The number of amides is 2. The zero-order valence-corrected chi connectivity index (χ0v) is 23.8. The lowest BCUT2D eigenvalue weighted by Crippen LogP contribution is -2.42. The number of nitrogen functional groups attached to an aromatic ring is 2. The van der Waals surface area contributed by atoms with Crippen LogP contribution in [0.2, 0.25) is 10.0 Å². The molecule has 2 amide bonds. The predicted molar refractivity (Wildman–Crippen MR) is 155 cm³/mol. The fraction of sp³-hybridized carbons (Fsp3) is 0.185. The molecule has 1 heterocycles. The van der Waals surface area contributed by atoms with Gasteiger partial charge in [0.2, 0.25) is 0 Å². The van der Waals surface area contributed by atoms with Crippen LogP contribution in [0.15, 0.2) is 47.4 Å². The van der Waals surface area contributed by atoms with Gasteiger partial charge in [-0.2, -0.15) is 0 Å². The Labute approximate surface area is 244 Å². The molecule has 0 aromatic heterocycles. The van der Waals surface area contributed by atoms with E-state index in [-0.39, 0.29) is 62.4 Å². The van der Waals surface area contributed by atoms with E-state index in [1.807, 2.05) is 0 Å². The molecule has 0 saturated carbocycles. The quantitative estimate of drug-likeness (QED) is 0.217. The van der Waals surface area contributed by atoms with Crippen molar-refractivity contribution in [2.24, 2.45) is 0 Å². The third-order valence-electron chi connectivity index (χ3n) is 6.69. The highest BCUT2D eigenvalue weighted by atomic mass is 35.5. The van der Waals surface area contributed by atoms with Crippen molar-refractivity contribution in [3.8, 4) is 0 Å². The van der Waals surface area contributed by atoms with Gasteiger partial charge in [0.05, 0.1) is 43.1 Å². The Kier molecular flexibility index (Phi) is 8.29. The smallest absolute Gasteiger partial charge is 0.326 e. The Bertz CT molecular complexity index is 1730. The Morgan fingerprint density at radius 1 is 1.12 bits per heavy atom. The van der Waals surface area contributed by atoms with Crippen molar-refractivity contribution in [1.29, 1.82) is 0 Å². The second-order valence-electron chi connectivity index (χ2n) is 9.39. The van der Waals surface area contributed by atoms with Crippen LogP contribution in [0, 0.1) is 0 Å². The van der Waals surface area contributed by atoms with Crippen molar-refractivity contribution in [2.45, 2.75) is 23.8 Å². The summed E-state index contributed by atoms with van der Waals surface area (Å²) in [7, 11) is -3.53. The fourth-order valence-corrected chi connectivity index (χ4v) is 5.95. The zero-order valence-electron chi connectivity index (χ0n) is 21.5. The second kappa shape index (κ2) is 11.4. The van der Waals surface area contributed by atoms with Crippen LogP contribution in [0.25, 0.3) is 0 Å². The van der Waals surface area contributed by atoms with Crippen LogP contribution in [0.1, 0.15) is 42.2 Å². The van der Waals surface area contributed by atoms with E-state index >= 15 is 0 Å². The van der Waals surface area contributed by atoms with Crippen LogP contribution < -0.4 is 21.7 Å². The molecule has 1 aliphatic heterocycles. The highest BCUT2D eigenvalue weighted by Gasteiger charge is 2.33. The molecule has 0 spiro atoms. The maximum atomic E-state index is 13.3. The number of fused-ring (bicyclic) bond motifs is 1. The highest BCUT2D eigenvalue weighted by molar-refractivity contribution is 7.90. The van der Waals surface area contributed by atoms with Crippen LogP contribution in [-0.4, -0.2) is 56.4 Å². The third kappa shape index (κ3) is 5.85. The van der Waals surface area contributed by atoms with Gasteiger partial charge in [0, 0.05) is 24.8 Å². The molecule has 214 valence electrons. The first kappa shape index (κ1) is 29.8. The third-order valence-corrected chi connectivity index (χ3v) is 8.52. The Morgan fingerprint density at radius 2 is 1.83 bits per heavy atom. The standard InChI is InChI=1S/C27H24Cl2N4O7S/c1-41(39,40)15-4-2-3-13(9-15)10-19(27(37)38)32-25(35)21-18(28)11-20-16(22(21)29)7-8-33(20)26(36)17-6-5-14(12-34)23(30)24(17)31/h2-6,9,11-12,19H,7-8,10,30-31H2,1H3,(H,32,35)(H,37,38)/t19-/m1/s1. The van der Waals surface area contributed by atoms with Crippen molar-refractivity contribution in [3.05, 3.63) is 80.3 Å². The van der Waals surface area contributed by atoms with Gasteiger partial charge in [-0.1, -0.05) is 35.3 Å². The zero-order chi connectivity index (χ0) is 30.2. The van der Waals surface area contributed by atoms with Crippen LogP contribution in [-0.2, 0) is 27.5 Å². The number of hydrogen-bond donors (Lipinski definition) is 4. The van der Waals surface area contributed by atoms with E-state index in [1.54, 1.807) is 6.07 Å². The molecule has 0 bridgehead atoms. The van der Waals surface area contributed by atoms with Gasteiger partial charge in [0.25, 0.3) is 11.8 Å².